The lowest BCUT2D eigenvalue weighted by molar-refractivity contribution is -0.384. The molecule has 1 amide bonds. The van der Waals surface area contributed by atoms with Crippen molar-refractivity contribution in [1.82, 2.24) is 14.7 Å². The van der Waals surface area contributed by atoms with Gasteiger partial charge in [-0.2, -0.15) is 5.10 Å². The number of rotatable bonds is 4. The molecule has 0 saturated carbocycles. The van der Waals surface area contributed by atoms with Crippen molar-refractivity contribution in [3.63, 3.8) is 0 Å². The van der Waals surface area contributed by atoms with E-state index in [1.165, 1.54) is 6.07 Å². The molecular weight excluding hydrogens is 358 g/mol. The van der Waals surface area contributed by atoms with E-state index in [0.717, 1.165) is 5.69 Å². The minimum Gasteiger partial charge on any atom is -0.362 e. The van der Waals surface area contributed by atoms with Gasteiger partial charge in [-0.25, -0.2) is 4.68 Å². The van der Waals surface area contributed by atoms with Gasteiger partial charge < -0.3 is 9.80 Å². The van der Waals surface area contributed by atoms with Crippen molar-refractivity contribution in [3.8, 4) is 5.69 Å². The molecule has 4 rings (SSSR count). The number of nitro benzene ring substituents is 1. The van der Waals surface area contributed by atoms with E-state index in [2.05, 4.69) is 5.10 Å². The van der Waals surface area contributed by atoms with Crippen LogP contribution in [0.5, 0.6) is 0 Å². The number of piperazine rings is 1. The summed E-state index contributed by atoms with van der Waals surface area (Å²) < 4.78 is 1.74. The SMILES string of the molecule is O=C(c1ccc(-n2cccn2)cc1)N1CCN(c2ccccc2[N+](=O)[O-])CC1. The lowest BCUT2D eigenvalue weighted by Gasteiger charge is -2.35. The Kier molecular flexibility index (Phi) is 4.76. The van der Waals surface area contributed by atoms with Crippen LogP contribution in [-0.2, 0) is 0 Å². The van der Waals surface area contributed by atoms with Crippen molar-refractivity contribution in [1.29, 1.82) is 0 Å². The van der Waals surface area contributed by atoms with Crippen molar-refractivity contribution < 1.29 is 9.72 Å². The fourth-order valence-corrected chi connectivity index (χ4v) is 3.40. The largest absolute Gasteiger partial charge is 0.362 e. The monoisotopic (exact) mass is 377 g/mol. The average Bonchev–Trinajstić information content (AvgIpc) is 3.28. The molecule has 1 fully saturated rings. The van der Waals surface area contributed by atoms with E-state index < -0.39 is 0 Å². The van der Waals surface area contributed by atoms with E-state index in [1.54, 1.807) is 46.1 Å². The summed E-state index contributed by atoms with van der Waals surface area (Å²) in [5, 5.41) is 15.4. The predicted molar refractivity (Wildman–Crippen MR) is 105 cm³/mol. The first-order valence-electron chi connectivity index (χ1n) is 9.01. The number of nitro groups is 1. The first-order chi connectivity index (χ1) is 13.6. The van der Waals surface area contributed by atoms with Crippen LogP contribution >= 0.6 is 0 Å². The Labute approximate surface area is 161 Å². The van der Waals surface area contributed by atoms with Crippen molar-refractivity contribution in [2.24, 2.45) is 0 Å². The predicted octanol–water partition coefficient (Wildman–Crippen LogP) is 2.74. The number of hydrogen-bond donors (Lipinski definition) is 0. The highest BCUT2D eigenvalue weighted by Crippen LogP contribution is 2.28. The highest BCUT2D eigenvalue weighted by Gasteiger charge is 2.26. The summed E-state index contributed by atoms with van der Waals surface area (Å²) in [4.78, 5) is 27.4. The number of anilines is 1. The van der Waals surface area contributed by atoms with E-state index in [4.69, 9.17) is 0 Å². The molecule has 1 aromatic heterocycles. The van der Waals surface area contributed by atoms with E-state index in [1.807, 2.05) is 29.3 Å². The molecule has 8 nitrogen and oxygen atoms in total. The average molecular weight is 377 g/mol. The maximum atomic E-state index is 12.8. The number of para-hydroxylation sites is 2. The highest BCUT2D eigenvalue weighted by atomic mass is 16.6. The first kappa shape index (κ1) is 17.7. The van der Waals surface area contributed by atoms with Gasteiger partial charge in [0.2, 0.25) is 0 Å². The van der Waals surface area contributed by atoms with E-state index in [9.17, 15) is 14.9 Å². The maximum Gasteiger partial charge on any atom is 0.292 e. The van der Waals surface area contributed by atoms with Gasteiger partial charge >= 0.3 is 0 Å². The second-order valence-electron chi connectivity index (χ2n) is 6.52. The second-order valence-corrected chi connectivity index (χ2v) is 6.52. The lowest BCUT2D eigenvalue weighted by atomic mass is 10.1. The first-order valence-corrected chi connectivity index (χ1v) is 9.01. The molecule has 28 heavy (non-hydrogen) atoms. The molecule has 0 atom stereocenters. The number of aromatic nitrogens is 2. The Hall–Kier alpha value is -3.68. The zero-order valence-electron chi connectivity index (χ0n) is 15.1. The Morgan fingerprint density at radius 3 is 2.32 bits per heavy atom. The number of carbonyl (C=O) groups excluding carboxylic acids is 1. The summed E-state index contributed by atoms with van der Waals surface area (Å²) in [5.74, 6) is -0.0331. The standard InChI is InChI=1S/C20H19N5O3/c26-20(16-6-8-17(9-7-16)24-11-3-10-21-24)23-14-12-22(13-15-23)18-4-1-2-5-19(18)25(27)28/h1-11H,12-15H2. The Balaban J connectivity index is 1.42. The smallest absolute Gasteiger partial charge is 0.292 e. The summed E-state index contributed by atoms with van der Waals surface area (Å²) in [6, 6.07) is 15.9. The molecule has 0 N–H and O–H groups in total. The summed E-state index contributed by atoms with van der Waals surface area (Å²) in [5.41, 5.74) is 2.21. The molecule has 1 saturated heterocycles. The fraction of sp³-hybridized carbons (Fsp3) is 0.200. The minimum absolute atomic E-state index is 0.0331. The van der Waals surface area contributed by atoms with Crippen molar-refractivity contribution in [2.45, 2.75) is 0 Å². The third kappa shape index (κ3) is 3.44. The van der Waals surface area contributed by atoms with Gasteiger partial charge in [-0.05, 0) is 36.4 Å². The highest BCUT2D eigenvalue weighted by molar-refractivity contribution is 5.94. The maximum absolute atomic E-state index is 12.8. The van der Waals surface area contributed by atoms with Crippen LogP contribution in [-0.4, -0.2) is 51.7 Å². The summed E-state index contributed by atoms with van der Waals surface area (Å²) >= 11 is 0. The van der Waals surface area contributed by atoms with Gasteiger partial charge in [-0.15, -0.1) is 0 Å². The van der Waals surface area contributed by atoms with Crippen LogP contribution in [0.1, 0.15) is 10.4 Å². The van der Waals surface area contributed by atoms with Crippen LogP contribution in [0.4, 0.5) is 11.4 Å². The quantitative estimate of drug-likeness (QED) is 0.516. The third-order valence-corrected chi connectivity index (χ3v) is 4.87. The molecule has 2 aromatic carbocycles. The van der Waals surface area contributed by atoms with Gasteiger partial charge in [0.25, 0.3) is 11.6 Å². The van der Waals surface area contributed by atoms with Crippen molar-refractivity contribution in [3.05, 3.63) is 82.7 Å². The van der Waals surface area contributed by atoms with E-state index in [-0.39, 0.29) is 16.5 Å². The van der Waals surface area contributed by atoms with Crippen molar-refractivity contribution >= 4 is 17.3 Å². The summed E-state index contributed by atoms with van der Waals surface area (Å²) in [6.07, 6.45) is 3.55. The minimum atomic E-state index is -0.367. The third-order valence-electron chi connectivity index (χ3n) is 4.87. The van der Waals surface area contributed by atoms with Crippen LogP contribution in [0.3, 0.4) is 0 Å². The van der Waals surface area contributed by atoms with E-state index >= 15 is 0 Å². The van der Waals surface area contributed by atoms with Crippen LogP contribution in [0.2, 0.25) is 0 Å². The molecule has 8 heteroatoms. The van der Waals surface area contributed by atoms with Gasteiger partial charge in [-0.1, -0.05) is 12.1 Å². The molecule has 142 valence electrons. The normalized spacial score (nSPS) is 14.1. The van der Waals surface area contributed by atoms with Gasteiger partial charge in [-0.3, -0.25) is 14.9 Å². The van der Waals surface area contributed by atoms with Gasteiger partial charge in [0.1, 0.15) is 5.69 Å². The van der Waals surface area contributed by atoms with E-state index in [0.29, 0.717) is 37.4 Å². The fourth-order valence-electron chi connectivity index (χ4n) is 3.40. The second kappa shape index (κ2) is 7.51. The summed E-state index contributed by atoms with van der Waals surface area (Å²) in [6.45, 7) is 2.15. The van der Waals surface area contributed by atoms with Crippen molar-refractivity contribution in [2.75, 3.05) is 31.1 Å². The van der Waals surface area contributed by atoms with Crippen LogP contribution in [0.25, 0.3) is 5.69 Å². The zero-order chi connectivity index (χ0) is 19.5. The Morgan fingerprint density at radius 2 is 1.68 bits per heavy atom. The van der Waals surface area contributed by atoms with Crippen LogP contribution in [0, 0.1) is 10.1 Å². The Bertz CT molecular complexity index is 977. The summed E-state index contributed by atoms with van der Waals surface area (Å²) in [7, 11) is 0. The van der Waals surface area contributed by atoms with Crippen LogP contribution in [0.15, 0.2) is 67.0 Å². The lowest BCUT2D eigenvalue weighted by Crippen LogP contribution is -2.48. The van der Waals surface area contributed by atoms with Gasteiger partial charge in [0.05, 0.1) is 10.6 Å². The number of carbonyl (C=O) groups is 1. The Morgan fingerprint density at radius 1 is 0.964 bits per heavy atom. The molecule has 0 aliphatic carbocycles. The van der Waals surface area contributed by atoms with Crippen LogP contribution < -0.4 is 4.90 Å². The molecule has 1 aliphatic rings. The molecule has 0 spiro atoms. The molecule has 0 unspecified atom stereocenters. The van der Waals surface area contributed by atoms with Gasteiger partial charge in [0.15, 0.2) is 0 Å². The number of hydrogen-bond acceptors (Lipinski definition) is 5. The molecule has 0 radical (unpaired) electrons. The number of nitrogens with zero attached hydrogens (tertiary/aromatic N) is 5. The van der Waals surface area contributed by atoms with Gasteiger partial charge in [0, 0.05) is 50.2 Å². The molecular formula is C20H19N5O3. The zero-order valence-corrected chi connectivity index (χ0v) is 15.1. The molecule has 3 aromatic rings. The number of benzene rings is 2. The topological polar surface area (TPSA) is 84.5 Å². The molecule has 1 aliphatic heterocycles. The molecule has 2 heterocycles. The number of amides is 1. The molecule has 0 bridgehead atoms.